The number of alkyl halides is 3. The zero-order valence-electron chi connectivity index (χ0n) is 9.73. The van der Waals surface area contributed by atoms with Crippen molar-refractivity contribution in [2.45, 2.75) is 19.1 Å². The van der Waals surface area contributed by atoms with Crippen LogP contribution in [0.4, 0.5) is 18.9 Å². The van der Waals surface area contributed by atoms with Crippen LogP contribution in [-0.2, 0) is 11.0 Å². The number of likely N-dealkylation sites (N-methyl/N-ethyl adjacent to an activating group) is 1. The van der Waals surface area contributed by atoms with E-state index >= 15 is 0 Å². The van der Waals surface area contributed by atoms with Gasteiger partial charge in [-0.25, -0.2) is 0 Å². The van der Waals surface area contributed by atoms with Gasteiger partial charge in [0.2, 0.25) is 5.91 Å². The van der Waals surface area contributed by atoms with Crippen molar-refractivity contribution >= 4 is 23.2 Å². The number of benzene rings is 1. The topological polar surface area (TPSA) is 41.1 Å². The maximum atomic E-state index is 12.7. The van der Waals surface area contributed by atoms with Crippen molar-refractivity contribution in [3.05, 3.63) is 28.8 Å². The lowest BCUT2D eigenvalue weighted by Gasteiger charge is -2.16. The van der Waals surface area contributed by atoms with Crippen LogP contribution in [0.2, 0.25) is 5.02 Å². The van der Waals surface area contributed by atoms with Crippen LogP contribution in [0, 0.1) is 0 Å². The van der Waals surface area contributed by atoms with Crippen LogP contribution in [0.25, 0.3) is 0 Å². The molecule has 0 aliphatic rings. The average molecular weight is 281 g/mol. The summed E-state index contributed by atoms with van der Waals surface area (Å²) in [5.41, 5.74) is -1.27. The summed E-state index contributed by atoms with van der Waals surface area (Å²) in [5.74, 6) is -0.551. The Bertz CT molecular complexity index is 448. The van der Waals surface area contributed by atoms with Gasteiger partial charge in [0.15, 0.2) is 0 Å². The van der Waals surface area contributed by atoms with Gasteiger partial charge in [-0.3, -0.25) is 4.79 Å². The van der Waals surface area contributed by atoms with E-state index in [0.29, 0.717) is 0 Å². The molecule has 0 aromatic heterocycles. The van der Waals surface area contributed by atoms with Crippen molar-refractivity contribution in [1.82, 2.24) is 5.32 Å². The first-order chi connectivity index (χ1) is 8.25. The number of anilines is 1. The zero-order chi connectivity index (χ0) is 13.9. The molecule has 0 fully saturated rings. The minimum atomic E-state index is -4.57. The third-order valence-electron chi connectivity index (χ3n) is 2.37. The summed E-state index contributed by atoms with van der Waals surface area (Å²) in [7, 11) is 1.54. The standard InChI is InChI=1S/C11H12ClF3N2O/c1-6(16-2)10(18)17-9-4-3-7(12)5-8(9)11(13,14)15/h3-6,16H,1-2H3,(H,17,18). The SMILES string of the molecule is CNC(C)C(=O)Nc1ccc(Cl)cc1C(F)(F)F. The van der Waals surface area contributed by atoms with Gasteiger partial charge in [-0.1, -0.05) is 11.6 Å². The molecule has 1 atom stereocenters. The first-order valence-electron chi connectivity index (χ1n) is 5.10. The van der Waals surface area contributed by atoms with Crippen LogP contribution >= 0.6 is 11.6 Å². The van der Waals surface area contributed by atoms with Gasteiger partial charge in [0, 0.05) is 5.02 Å². The Labute approximate surface area is 107 Å². The largest absolute Gasteiger partial charge is 0.418 e. The normalized spacial score (nSPS) is 13.2. The van der Waals surface area contributed by atoms with Crippen molar-refractivity contribution < 1.29 is 18.0 Å². The highest BCUT2D eigenvalue weighted by Crippen LogP contribution is 2.36. The molecule has 0 bridgehead atoms. The molecule has 0 radical (unpaired) electrons. The lowest BCUT2D eigenvalue weighted by atomic mass is 10.1. The van der Waals surface area contributed by atoms with Gasteiger partial charge in [-0.2, -0.15) is 13.2 Å². The first kappa shape index (κ1) is 14.8. The van der Waals surface area contributed by atoms with Crippen LogP contribution in [0.5, 0.6) is 0 Å². The smallest absolute Gasteiger partial charge is 0.324 e. The number of hydrogen-bond donors (Lipinski definition) is 2. The maximum absolute atomic E-state index is 12.7. The summed E-state index contributed by atoms with van der Waals surface area (Å²) >= 11 is 5.52. The number of carbonyl (C=O) groups is 1. The van der Waals surface area contributed by atoms with E-state index in [0.717, 1.165) is 12.1 Å². The third-order valence-corrected chi connectivity index (χ3v) is 2.61. The average Bonchev–Trinajstić information content (AvgIpc) is 2.28. The number of amides is 1. The highest BCUT2D eigenvalue weighted by molar-refractivity contribution is 6.30. The molecule has 0 aliphatic heterocycles. The Hall–Kier alpha value is -1.27. The predicted molar refractivity (Wildman–Crippen MR) is 63.6 cm³/mol. The summed E-state index contributed by atoms with van der Waals surface area (Å²) in [6.07, 6.45) is -4.57. The quantitative estimate of drug-likeness (QED) is 0.894. The number of nitrogens with one attached hydrogen (secondary N) is 2. The second-order valence-electron chi connectivity index (χ2n) is 3.69. The molecule has 1 aromatic carbocycles. The van der Waals surface area contributed by atoms with E-state index in [1.807, 2.05) is 0 Å². The molecule has 0 heterocycles. The van der Waals surface area contributed by atoms with Crippen molar-refractivity contribution in [3.8, 4) is 0 Å². The van der Waals surface area contributed by atoms with E-state index in [2.05, 4.69) is 10.6 Å². The zero-order valence-corrected chi connectivity index (χ0v) is 10.5. The molecule has 0 aliphatic carbocycles. The van der Waals surface area contributed by atoms with E-state index in [1.54, 1.807) is 6.92 Å². The Morgan fingerprint density at radius 3 is 2.50 bits per heavy atom. The summed E-state index contributed by atoms with van der Waals surface area (Å²) in [5, 5.41) is 4.81. The Morgan fingerprint density at radius 1 is 1.39 bits per heavy atom. The molecule has 1 rings (SSSR count). The molecular formula is C11H12ClF3N2O. The van der Waals surface area contributed by atoms with Gasteiger partial charge in [-0.05, 0) is 32.2 Å². The fourth-order valence-corrected chi connectivity index (χ4v) is 1.40. The van der Waals surface area contributed by atoms with E-state index in [4.69, 9.17) is 11.6 Å². The molecule has 0 saturated heterocycles. The monoisotopic (exact) mass is 280 g/mol. The minimum Gasteiger partial charge on any atom is -0.324 e. The molecule has 18 heavy (non-hydrogen) atoms. The highest BCUT2D eigenvalue weighted by Gasteiger charge is 2.34. The summed E-state index contributed by atoms with van der Waals surface area (Å²) in [6, 6.07) is 2.60. The molecule has 0 saturated carbocycles. The molecule has 2 N–H and O–H groups in total. The minimum absolute atomic E-state index is 0.0398. The van der Waals surface area contributed by atoms with Crippen LogP contribution in [0.15, 0.2) is 18.2 Å². The Morgan fingerprint density at radius 2 is 2.00 bits per heavy atom. The van der Waals surface area contributed by atoms with Crippen LogP contribution in [0.1, 0.15) is 12.5 Å². The summed E-state index contributed by atoms with van der Waals surface area (Å²) in [6.45, 7) is 1.54. The third kappa shape index (κ3) is 3.61. The van der Waals surface area contributed by atoms with E-state index in [-0.39, 0.29) is 10.7 Å². The molecule has 7 heteroatoms. The summed E-state index contributed by atoms with van der Waals surface area (Å²) < 4.78 is 38.2. The first-order valence-corrected chi connectivity index (χ1v) is 5.48. The van der Waals surface area contributed by atoms with Gasteiger partial charge >= 0.3 is 6.18 Å². The van der Waals surface area contributed by atoms with Crippen molar-refractivity contribution in [2.24, 2.45) is 0 Å². The fraction of sp³-hybridized carbons (Fsp3) is 0.364. The molecule has 3 nitrogen and oxygen atoms in total. The van der Waals surface area contributed by atoms with Gasteiger partial charge in [0.25, 0.3) is 0 Å². The number of halogens is 4. The predicted octanol–water partition coefficient (Wildman–Crippen LogP) is 2.91. The maximum Gasteiger partial charge on any atom is 0.418 e. The molecule has 1 aromatic rings. The molecule has 100 valence electrons. The number of carbonyl (C=O) groups excluding carboxylic acids is 1. The molecule has 0 spiro atoms. The van der Waals surface area contributed by atoms with E-state index in [1.165, 1.54) is 13.1 Å². The Balaban J connectivity index is 3.06. The Kier molecular flexibility index (Phi) is 4.59. The lowest BCUT2D eigenvalue weighted by Crippen LogP contribution is -2.36. The second kappa shape index (κ2) is 5.58. The van der Waals surface area contributed by atoms with E-state index in [9.17, 15) is 18.0 Å². The van der Waals surface area contributed by atoms with Crippen molar-refractivity contribution in [1.29, 1.82) is 0 Å². The molecule has 1 unspecified atom stereocenters. The lowest BCUT2D eigenvalue weighted by molar-refractivity contribution is -0.137. The van der Waals surface area contributed by atoms with Gasteiger partial charge < -0.3 is 10.6 Å². The van der Waals surface area contributed by atoms with Crippen molar-refractivity contribution in [3.63, 3.8) is 0 Å². The number of hydrogen-bond acceptors (Lipinski definition) is 2. The van der Waals surface area contributed by atoms with Crippen molar-refractivity contribution in [2.75, 3.05) is 12.4 Å². The highest BCUT2D eigenvalue weighted by atomic mass is 35.5. The van der Waals surface area contributed by atoms with Gasteiger partial charge in [0.05, 0.1) is 17.3 Å². The van der Waals surface area contributed by atoms with Gasteiger partial charge in [0.1, 0.15) is 0 Å². The van der Waals surface area contributed by atoms with Gasteiger partial charge in [-0.15, -0.1) is 0 Å². The van der Waals surface area contributed by atoms with E-state index < -0.39 is 23.7 Å². The molecule has 1 amide bonds. The number of rotatable bonds is 3. The van der Waals surface area contributed by atoms with Crippen LogP contribution < -0.4 is 10.6 Å². The summed E-state index contributed by atoms with van der Waals surface area (Å²) in [4.78, 5) is 11.5. The van der Waals surface area contributed by atoms with Crippen LogP contribution in [-0.4, -0.2) is 19.0 Å². The molecular weight excluding hydrogens is 269 g/mol. The second-order valence-corrected chi connectivity index (χ2v) is 4.12. The van der Waals surface area contributed by atoms with Crippen LogP contribution in [0.3, 0.4) is 0 Å². The fourth-order valence-electron chi connectivity index (χ4n) is 1.23.